The lowest BCUT2D eigenvalue weighted by Gasteiger charge is -2.16. The van der Waals surface area contributed by atoms with E-state index in [4.69, 9.17) is 4.74 Å². The van der Waals surface area contributed by atoms with Gasteiger partial charge in [-0.2, -0.15) is 0 Å². The van der Waals surface area contributed by atoms with Crippen molar-refractivity contribution in [2.24, 2.45) is 0 Å². The molecule has 0 aliphatic rings. The van der Waals surface area contributed by atoms with Gasteiger partial charge in [-0.05, 0) is 84.8 Å². The molecule has 2 aromatic carbocycles. The van der Waals surface area contributed by atoms with E-state index in [0.717, 1.165) is 26.1 Å². The largest absolute Gasteiger partial charge is 0.481 e. The zero-order valence-electron chi connectivity index (χ0n) is 12.3. The van der Waals surface area contributed by atoms with Crippen LogP contribution < -0.4 is 10.1 Å². The molecule has 21 heavy (non-hydrogen) atoms. The number of ether oxygens (including phenoxy) is 1. The van der Waals surface area contributed by atoms with Crippen LogP contribution in [0.15, 0.2) is 42.5 Å². The van der Waals surface area contributed by atoms with Crippen molar-refractivity contribution >= 4 is 34.2 Å². The second kappa shape index (κ2) is 6.93. The minimum absolute atomic E-state index is 0.155. The van der Waals surface area contributed by atoms with E-state index in [0.29, 0.717) is 0 Å². The first-order valence-corrected chi connectivity index (χ1v) is 7.84. The van der Waals surface area contributed by atoms with Gasteiger partial charge in [0, 0.05) is 9.26 Å². The molecule has 0 aliphatic carbocycles. The molecule has 2 rings (SSSR count). The fraction of sp³-hybridized carbons (Fsp3) is 0.235. The first-order valence-electron chi connectivity index (χ1n) is 6.76. The first-order chi connectivity index (χ1) is 9.95. The van der Waals surface area contributed by atoms with Crippen LogP contribution in [-0.4, -0.2) is 12.0 Å². The Morgan fingerprint density at radius 2 is 1.81 bits per heavy atom. The van der Waals surface area contributed by atoms with Crippen molar-refractivity contribution in [2.45, 2.75) is 26.9 Å². The molecule has 1 N–H and O–H groups in total. The van der Waals surface area contributed by atoms with E-state index < -0.39 is 6.10 Å². The van der Waals surface area contributed by atoms with Crippen LogP contribution in [0.5, 0.6) is 5.75 Å². The number of hydrogen-bond donors (Lipinski definition) is 1. The highest BCUT2D eigenvalue weighted by Gasteiger charge is 2.15. The number of carbonyl (C=O) groups is 1. The molecule has 0 bridgehead atoms. The third-order valence-corrected chi connectivity index (χ3v) is 3.85. The van der Waals surface area contributed by atoms with Gasteiger partial charge in [0.05, 0.1) is 0 Å². The Morgan fingerprint density at radius 3 is 2.48 bits per heavy atom. The van der Waals surface area contributed by atoms with Crippen molar-refractivity contribution in [1.29, 1.82) is 0 Å². The maximum absolute atomic E-state index is 12.2. The molecule has 0 fully saturated rings. The number of halogens is 1. The summed E-state index contributed by atoms with van der Waals surface area (Å²) in [7, 11) is 0. The van der Waals surface area contributed by atoms with Crippen LogP contribution in [0.2, 0.25) is 0 Å². The SMILES string of the molecule is Cc1ccc(C)c(O[C@@H](C)C(=O)Nc2ccc(I)cc2)c1. The zero-order chi connectivity index (χ0) is 15.4. The average Bonchev–Trinajstić information content (AvgIpc) is 2.45. The van der Waals surface area contributed by atoms with Crippen LogP contribution >= 0.6 is 22.6 Å². The van der Waals surface area contributed by atoms with Gasteiger partial charge < -0.3 is 10.1 Å². The van der Waals surface area contributed by atoms with Crippen LogP contribution in [0.3, 0.4) is 0 Å². The monoisotopic (exact) mass is 395 g/mol. The summed E-state index contributed by atoms with van der Waals surface area (Å²) in [6.07, 6.45) is -0.551. The molecule has 0 spiro atoms. The zero-order valence-corrected chi connectivity index (χ0v) is 14.5. The fourth-order valence-corrected chi connectivity index (χ4v) is 2.21. The topological polar surface area (TPSA) is 38.3 Å². The number of aryl methyl sites for hydroxylation is 2. The minimum atomic E-state index is -0.551. The van der Waals surface area contributed by atoms with Gasteiger partial charge in [-0.1, -0.05) is 12.1 Å². The second-order valence-corrected chi connectivity index (χ2v) is 6.27. The normalized spacial score (nSPS) is 11.8. The maximum atomic E-state index is 12.2. The third kappa shape index (κ3) is 4.46. The Balaban J connectivity index is 2.02. The van der Waals surface area contributed by atoms with E-state index in [1.807, 2.05) is 56.3 Å². The van der Waals surface area contributed by atoms with Crippen molar-refractivity contribution < 1.29 is 9.53 Å². The highest BCUT2D eigenvalue weighted by molar-refractivity contribution is 14.1. The average molecular weight is 395 g/mol. The first kappa shape index (κ1) is 15.8. The fourth-order valence-electron chi connectivity index (χ4n) is 1.86. The van der Waals surface area contributed by atoms with Gasteiger partial charge in [-0.3, -0.25) is 4.79 Å². The van der Waals surface area contributed by atoms with Crippen molar-refractivity contribution in [2.75, 3.05) is 5.32 Å². The Kier molecular flexibility index (Phi) is 5.22. The summed E-state index contributed by atoms with van der Waals surface area (Å²) < 4.78 is 6.90. The highest BCUT2D eigenvalue weighted by Crippen LogP contribution is 2.21. The van der Waals surface area contributed by atoms with E-state index in [-0.39, 0.29) is 5.91 Å². The molecule has 2 aromatic rings. The van der Waals surface area contributed by atoms with E-state index in [2.05, 4.69) is 27.9 Å². The molecule has 0 aromatic heterocycles. The quantitative estimate of drug-likeness (QED) is 0.784. The summed E-state index contributed by atoms with van der Waals surface area (Å²) in [5, 5.41) is 2.86. The number of amides is 1. The molecule has 1 atom stereocenters. The smallest absolute Gasteiger partial charge is 0.265 e. The molecule has 1 amide bonds. The summed E-state index contributed by atoms with van der Waals surface area (Å²) in [5.74, 6) is 0.595. The lowest BCUT2D eigenvalue weighted by molar-refractivity contribution is -0.122. The molecule has 110 valence electrons. The second-order valence-electron chi connectivity index (χ2n) is 5.03. The predicted octanol–water partition coefficient (Wildman–Crippen LogP) is 4.31. The molecular weight excluding hydrogens is 377 g/mol. The van der Waals surface area contributed by atoms with Crippen LogP contribution in [0, 0.1) is 17.4 Å². The minimum Gasteiger partial charge on any atom is -0.481 e. The number of hydrogen-bond acceptors (Lipinski definition) is 2. The molecule has 3 nitrogen and oxygen atoms in total. The van der Waals surface area contributed by atoms with Crippen LogP contribution in [0.4, 0.5) is 5.69 Å². The van der Waals surface area contributed by atoms with Crippen molar-refractivity contribution in [3.63, 3.8) is 0 Å². The molecule has 0 saturated heterocycles. The molecule has 0 radical (unpaired) electrons. The van der Waals surface area contributed by atoms with Gasteiger partial charge in [0.15, 0.2) is 6.10 Å². The number of rotatable bonds is 4. The molecule has 0 heterocycles. The van der Waals surface area contributed by atoms with E-state index in [1.165, 1.54) is 0 Å². The molecule has 0 unspecified atom stereocenters. The van der Waals surface area contributed by atoms with Gasteiger partial charge in [0.1, 0.15) is 5.75 Å². The molecule has 0 saturated carbocycles. The number of benzene rings is 2. The summed E-state index contributed by atoms with van der Waals surface area (Å²) in [6.45, 7) is 5.73. The molecule has 4 heteroatoms. The number of nitrogens with one attached hydrogen (secondary N) is 1. The number of anilines is 1. The standard InChI is InChI=1S/C17H18INO2/c1-11-4-5-12(2)16(10-11)21-13(3)17(20)19-15-8-6-14(18)7-9-15/h4-10,13H,1-3H3,(H,19,20)/t13-/m0/s1. The Bertz CT molecular complexity index is 638. The van der Waals surface area contributed by atoms with E-state index in [9.17, 15) is 4.79 Å². The lowest BCUT2D eigenvalue weighted by Crippen LogP contribution is -2.30. The Labute approximate surface area is 138 Å². The van der Waals surface area contributed by atoms with Crippen LogP contribution in [-0.2, 0) is 4.79 Å². The maximum Gasteiger partial charge on any atom is 0.265 e. The third-order valence-electron chi connectivity index (χ3n) is 3.13. The van der Waals surface area contributed by atoms with E-state index >= 15 is 0 Å². The summed E-state index contributed by atoms with van der Waals surface area (Å²) in [4.78, 5) is 12.2. The Hall–Kier alpha value is -1.56. The Morgan fingerprint density at radius 1 is 1.14 bits per heavy atom. The number of carbonyl (C=O) groups excluding carboxylic acids is 1. The van der Waals surface area contributed by atoms with E-state index in [1.54, 1.807) is 6.92 Å². The van der Waals surface area contributed by atoms with Gasteiger partial charge in [-0.25, -0.2) is 0 Å². The summed E-state index contributed by atoms with van der Waals surface area (Å²) >= 11 is 2.23. The van der Waals surface area contributed by atoms with Gasteiger partial charge in [0.25, 0.3) is 5.91 Å². The van der Waals surface area contributed by atoms with Crippen LogP contribution in [0.25, 0.3) is 0 Å². The van der Waals surface area contributed by atoms with Crippen molar-refractivity contribution in [3.05, 3.63) is 57.2 Å². The summed E-state index contributed by atoms with van der Waals surface area (Å²) in [5.41, 5.74) is 2.91. The van der Waals surface area contributed by atoms with Crippen molar-refractivity contribution in [3.8, 4) is 5.75 Å². The van der Waals surface area contributed by atoms with Gasteiger partial charge in [0.2, 0.25) is 0 Å². The molecule has 0 aliphatic heterocycles. The lowest BCUT2D eigenvalue weighted by atomic mass is 10.1. The predicted molar refractivity (Wildman–Crippen MR) is 93.8 cm³/mol. The molecular formula is C17H18INO2. The highest BCUT2D eigenvalue weighted by atomic mass is 127. The summed E-state index contributed by atoms with van der Waals surface area (Å²) in [6, 6.07) is 13.6. The van der Waals surface area contributed by atoms with Crippen LogP contribution in [0.1, 0.15) is 18.1 Å². The van der Waals surface area contributed by atoms with Gasteiger partial charge >= 0.3 is 0 Å². The van der Waals surface area contributed by atoms with Crippen molar-refractivity contribution in [1.82, 2.24) is 0 Å². The van der Waals surface area contributed by atoms with Gasteiger partial charge in [-0.15, -0.1) is 0 Å².